The van der Waals surface area contributed by atoms with Crippen molar-refractivity contribution >= 4 is 0 Å². The Morgan fingerprint density at radius 2 is 1.22 bits per heavy atom. The van der Waals surface area contributed by atoms with E-state index in [2.05, 4.69) is 6.92 Å². The summed E-state index contributed by atoms with van der Waals surface area (Å²) in [5.41, 5.74) is -0.673. The maximum atomic E-state index is 14.3. The summed E-state index contributed by atoms with van der Waals surface area (Å²) in [6, 6.07) is 0. The summed E-state index contributed by atoms with van der Waals surface area (Å²) in [6.45, 7) is 4.09. The average Bonchev–Trinajstić information content (AvgIpc) is 2.81. The highest BCUT2D eigenvalue weighted by atomic mass is 19.2. The van der Waals surface area contributed by atoms with Crippen LogP contribution in [-0.2, 0) is 9.47 Å². The monoisotopic (exact) mass is 464 g/mol. The molecule has 7 heteroatoms. The van der Waals surface area contributed by atoms with Gasteiger partial charge in [-0.2, -0.15) is 0 Å². The fraction of sp³-hybridized carbons (Fsp3) is 0.760. The zero-order chi connectivity index (χ0) is 23.9. The maximum absolute atomic E-state index is 14.3. The first kappa shape index (κ1) is 27.0. The van der Waals surface area contributed by atoms with Crippen molar-refractivity contribution < 1.29 is 31.4 Å². The van der Waals surface area contributed by atoms with Crippen LogP contribution in [0.3, 0.4) is 0 Å². The summed E-state index contributed by atoms with van der Waals surface area (Å²) in [6.07, 6.45) is 9.86. The smallest absolute Gasteiger partial charge is 0.200 e. The van der Waals surface area contributed by atoms with Gasteiger partial charge in [0.25, 0.3) is 0 Å². The zero-order valence-electron chi connectivity index (χ0n) is 19.7. The summed E-state index contributed by atoms with van der Waals surface area (Å²) in [7, 11) is 3.22. The molecule has 0 aromatic heterocycles. The molecule has 1 aromatic carbocycles. The number of unbranched alkanes of at least 4 members (excludes halogenated alkanes) is 5. The normalized spacial score (nSPS) is 20.5. The van der Waals surface area contributed by atoms with E-state index in [1.807, 2.05) is 6.92 Å². The van der Waals surface area contributed by atoms with Crippen molar-refractivity contribution in [1.29, 1.82) is 0 Å². The Morgan fingerprint density at radius 1 is 0.750 bits per heavy atom. The summed E-state index contributed by atoms with van der Waals surface area (Å²) >= 11 is 0. The molecule has 0 aliphatic heterocycles. The SMILES string of the molecule is CCCCCCCCC(C1CCC(c2c(F)c(F)c(F)c(F)c2F)CC1)C(C)(OC)OC. The lowest BCUT2D eigenvalue weighted by atomic mass is 9.70. The molecule has 1 aliphatic rings. The summed E-state index contributed by atoms with van der Waals surface area (Å²) in [5.74, 6) is -10.4. The van der Waals surface area contributed by atoms with E-state index < -0.39 is 46.4 Å². The number of halogens is 5. The van der Waals surface area contributed by atoms with Crippen LogP contribution < -0.4 is 0 Å². The third-order valence-electron chi connectivity index (χ3n) is 7.35. The van der Waals surface area contributed by atoms with Gasteiger partial charge < -0.3 is 9.47 Å². The molecule has 0 spiro atoms. The van der Waals surface area contributed by atoms with E-state index in [0.29, 0.717) is 25.7 Å². The van der Waals surface area contributed by atoms with Crippen LogP contribution in [-0.4, -0.2) is 20.0 Å². The van der Waals surface area contributed by atoms with Crippen LogP contribution in [0, 0.1) is 40.9 Å². The molecule has 0 bridgehead atoms. The molecule has 0 heterocycles. The highest BCUT2D eigenvalue weighted by Gasteiger charge is 2.42. The third kappa shape index (κ3) is 6.02. The number of hydrogen-bond acceptors (Lipinski definition) is 2. The number of benzene rings is 1. The van der Waals surface area contributed by atoms with Gasteiger partial charge in [0.2, 0.25) is 5.82 Å². The Balaban J connectivity index is 2.10. The van der Waals surface area contributed by atoms with Gasteiger partial charge in [-0.15, -0.1) is 0 Å². The van der Waals surface area contributed by atoms with Crippen LogP contribution in [0.15, 0.2) is 0 Å². The molecule has 2 nitrogen and oxygen atoms in total. The summed E-state index contributed by atoms with van der Waals surface area (Å²) in [5, 5.41) is 0. The first-order valence-electron chi connectivity index (χ1n) is 11.8. The van der Waals surface area contributed by atoms with Gasteiger partial charge in [-0.25, -0.2) is 22.0 Å². The van der Waals surface area contributed by atoms with Crippen molar-refractivity contribution in [2.45, 2.75) is 96.2 Å². The standard InChI is InChI=1S/C25H37F5O2/c1-5-6-7-8-9-10-11-18(25(2,31-3)32-4)16-12-14-17(15-13-16)19-20(26)22(28)24(30)23(29)21(19)27/h16-18H,5-15H2,1-4H3. The van der Waals surface area contributed by atoms with Crippen LogP contribution in [0.4, 0.5) is 22.0 Å². The lowest BCUT2D eigenvalue weighted by molar-refractivity contribution is -0.241. The fourth-order valence-corrected chi connectivity index (χ4v) is 5.25. The molecule has 0 radical (unpaired) electrons. The van der Waals surface area contributed by atoms with E-state index in [9.17, 15) is 22.0 Å². The Bertz CT molecular complexity index is 699. The summed E-state index contributed by atoms with van der Waals surface area (Å²) in [4.78, 5) is 0. The Kier molecular flexibility index (Phi) is 10.4. The minimum atomic E-state index is -2.10. The molecule has 1 fully saturated rings. The average molecular weight is 465 g/mol. The maximum Gasteiger partial charge on any atom is 0.200 e. The molecule has 0 saturated heterocycles. The van der Waals surface area contributed by atoms with Gasteiger partial charge in [0.05, 0.1) is 0 Å². The Morgan fingerprint density at radius 3 is 1.72 bits per heavy atom. The molecule has 1 unspecified atom stereocenters. The van der Waals surface area contributed by atoms with Crippen LogP contribution in [0.25, 0.3) is 0 Å². The second-order valence-corrected chi connectivity index (χ2v) is 9.18. The minimum Gasteiger partial charge on any atom is -0.353 e. The van der Waals surface area contributed by atoms with Gasteiger partial charge in [0.1, 0.15) is 0 Å². The first-order chi connectivity index (χ1) is 15.2. The van der Waals surface area contributed by atoms with E-state index in [-0.39, 0.29) is 11.8 Å². The van der Waals surface area contributed by atoms with Gasteiger partial charge in [0.15, 0.2) is 29.1 Å². The van der Waals surface area contributed by atoms with E-state index in [1.54, 1.807) is 14.2 Å². The van der Waals surface area contributed by atoms with Gasteiger partial charge in [-0.1, -0.05) is 45.4 Å². The molecule has 0 amide bonds. The highest BCUT2D eigenvalue weighted by Crippen LogP contribution is 2.46. The minimum absolute atomic E-state index is 0.0843. The second-order valence-electron chi connectivity index (χ2n) is 9.18. The third-order valence-corrected chi connectivity index (χ3v) is 7.35. The van der Waals surface area contributed by atoms with Gasteiger partial charge in [0, 0.05) is 25.7 Å². The Hall–Kier alpha value is -1.21. The predicted molar refractivity (Wildman–Crippen MR) is 115 cm³/mol. The molecular formula is C25H37F5O2. The first-order valence-corrected chi connectivity index (χ1v) is 11.8. The van der Waals surface area contributed by atoms with Gasteiger partial charge in [-0.05, 0) is 50.9 Å². The van der Waals surface area contributed by atoms with Gasteiger partial charge >= 0.3 is 0 Å². The largest absolute Gasteiger partial charge is 0.353 e. The van der Waals surface area contributed by atoms with Crippen molar-refractivity contribution in [2.24, 2.45) is 11.8 Å². The second kappa shape index (κ2) is 12.3. The van der Waals surface area contributed by atoms with Crippen molar-refractivity contribution in [3.63, 3.8) is 0 Å². The van der Waals surface area contributed by atoms with Crippen LogP contribution in [0.5, 0.6) is 0 Å². The van der Waals surface area contributed by atoms with Crippen molar-refractivity contribution in [3.8, 4) is 0 Å². The Labute approximate surface area is 188 Å². The van der Waals surface area contributed by atoms with Crippen LogP contribution >= 0.6 is 0 Å². The molecule has 1 atom stereocenters. The van der Waals surface area contributed by atoms with Crippen molar-refractivity contribution in [1.82, 2.24) is 0 Å². The van der Waals surface area contributed by atoms with E-state index in [0.717, 1.165) is 19.3 Å². The molecule has 32 heavy (non-hydrogen) atoms. The van der Waals surface area contributed by atoms with Crippen molar-refractivity contribution in [3.05, 3.63) is 34.6 Å². The number of ether oxygens (including phenoxy) is 2. The topological polar surface area (TPSA) is 18.5 Å². The predicted octanol–water partition coefficient (Wildman–Crippen LogP) is 8.03. The van der Waals surface area contributed by atoms with E-state index >= 15 is 0 Å². The molecule has 184 valence electrons. The van der Waals surface area contributed by atoms with Crippen LogP contribution in [0.1, 0.15) is 96.0 Å². The molecular weight excluding hydrogens is 427 g/mol. The van der Waals surface area contributed by atoms with Crippen LogP contribution in [0.2, 0.25) is 0 Å². The fourth-order valence-electron chi connectivity index (χ4n) is 5.25. The van der Waals surface area contributed by atoms with E-state index in [1.165, 1.54) is 25.7 Å². The summed E-state index contributed by atoms with van der Waals surface area (Å²) < 4.78 is 80.7. The molecule has 2 rings (SSSR count). The highest BCUT2D eigenvalue weighted by molar-refractivity contribution is 5.28. The quantitative estimate of drug-likeness (QED) is 0.102. The van der Waals surface area contributed by atoms with Gasteiger partial charge in [-0.3, -0.25) is 0 Å². The number of rotatable bonds is 12. The lowest BCUT2D eigenvalue weighted by Crippen LogP contribution is -2.43. The molecule has 1 saturated carbocycles. The number of hydrogen-bond donors (Lipinski definition) is 0. The molecule has 1 aromatic rings. The molecule has 0 N–H and O–H groups in total. The van der Waals surface area contributed by atoms with Crippen molar-refractivity contribution in [2.75, 3.05) is 14.2 Å². The van der Waals surface area contributed by atoms with E-state index in [4.69, 9.17) is 9.47 Å². The molecule has 1 aliphatic carbocycles. The zero-order valence-corrected chi connectivity index (χ0v) is 19.7. The lowest BCUT2D eigenvalue weighted by Gasteiger charge is -2.42. The number of methoxy groups -OCH3 is 2.